The molecule has 0 aliphatic rings. The van der Waals surface area contributed by atoms with Gasteiger partial charge in [0, 0.05) is 6.92 Å². The first-order chi connectivity index (χ1) is 5.97. The lowest BCUT2D eigenvalue weighted by atomic mass is 9.95. The van der Waals surface area contributed by atoms with E-state index in [0.717, 1.165) is 0 Å². The van der Waals surface area contributed by atoms with Gasteiger partial charge in [-0.2, -0.15) is 13.2 Å². The fourth-order valence-corrected chi connectivity index (χ4v) is 0.732. The van der Waals surface area contributed by atoms with Crippen LogP contribution in [0.15, 0.2) is 12.7 Å². The number of rotatable bonds is 3. The van der Waals surface area contributed by atoms with Crippen molar-refractivity contribution in [3.05, 3.63) is 12.7 Å². The van der Waals surface area contributed by atoms with Crippen molar-refractivity contribution in [2.45, 2.75) is 30.9 Å². The van der Waals surface area contributed by atoms with Gasteiger partial charge in [0.25, 0.3) is 11.6 Å². The highest BCUT2D eigenvalue weighted by molar-refractivity contribution is 5.10. The standard InChI is InChI=1S/C7H7F7/c1-3-6(11,7(12,13)14)4(8)5(2,9)10/h3-4H,1H2,2H3. The van der Waals surface area contributed by atoms with Gasteiger partial charge >= 0.3 is 6.18 Å². The zero-order valence-electron chi connectivity index (χ0n) is 7.01. The molecule has 0 fully saturated rings. The molecule has 0 heterocycles. The minimum atomic E-state index is -5.76. The van der Waals surface area contributed by atoms with Crippen LogP contribution >= 0.6 is 0 Å². The van der Waals surface area contributed by atoms with E-state index in [9.17, 15) is 30.7 Å². The lowest BCUT2D eigenvalue weighted by Crippen LogP contribution is -2.53. The third kappa shape index (κ3) is 2.19. The number of allylic oxidation sites excluding steroid dienone is 1. The summed E-state index contributed by atoms with van der Waals surface area (Å²) < 4.78 is 85.3. The Bertz CT molecular complexity index is 213. The van der Waals surface area contributed by atoms with Crippen LogP contribution in [-0.2, 0) is 0 Å². The van der Waals surface area contributed by atoms with Gasteiger partial charge in [0.15, 0.2) is 0 Å². The van der Waals surface area contributed by atoms with E-state index in [1.807, 2.05) is 0 Å². The van der Waals surface area contributed by atoms with E-state index in [2.05, 4.69) is 6.58 Å². The van der Waals surface area contributed by atoms with Crippen LogP contribution < -0.4 is 0 Å². The smallest absolute Gasteiger partial charge is 0.236 e. The Kier molecular flexibility index (Phi) is 3.25. The van der Waals surface area contributed by atoms with Crippen LogP contribution in [-0.4, -0.2) is 23.9 Å². The molecule has 0 aromatic heterocycles. The number of hydrogen-bond donors (Lipinski definition) is 0. The summed E-state index contributed by atoms with van der Waals surface area (Å²) in [6.07, 6.45) is -10.3. The van der Waals surface area contributed by atoms with E-state index in [0.29, 0.717) is 0 Å². The van der Waals surface area contributed by atoms with Crippen LogP contribution in [0.4, 0.5) is 30.7 Å². The Balaban J connectivity index is 5.17. The maximum Gasteiger partial charge on any atom is 0.429 e. The average Bonchev–Trinajstić information content (AvgIpc) is 1.97. The Morgan fingerprint density at radius 2 is 1.43 bits per heavy atom. The van der Waals surface area contributed by atoms with E-state index >= 15 is 0 Å². The molecule has 0 saturated heterocycles. The van der Waals surface area contributed by atoms with Crippen LogP contribution in [0.25, 0.3) is 0 Å². The molecule has 0 N–H and O–H groups in total. The summed E-state index contributed by atoms with van der Waals surface area (Å²) in [5.74, 6) is -4.43. The Labute approximate surface area is 75.4 Å². The first kappa shape index (κ1) is 13.2. The molecule has 2 atom stereocenters. The molecule has 0 nitrogen and oxygen atoms in total. The van der Waals surface area contributed by atoms with Gasteiger partial charge in [0.1, 0.15) is 0 Å². The molecule has 2 unspecified atom stereocenters. The first-order valence-electron chi connectivity index (χ1n) is 3.38. The molecule has 0 aromatic rings. The van der Waals surface area contributed by atoms with Crippen LogP contribution in [0, 0.1) is 0 Å². The molecule has 84 valence electrons. The molecule has 0 bridgehead atoms. The van der Waals surface area contributed by atoms with Crippen molar-refractivity contribution in [2.24, 2.45) is 0 Å². The Morgan fingerprint density at radius 1 is 1.07 bits per heavy atom. The first-order valence-corrected chi connectivity index (χ1v) is 3.38. The lowest BCUT2D eigenvalue weighted by Gasteiger charge is -2.30. The third-order valence-corrected chi connectivity index (χ3v) is 1.55. The monoisotopic (exact) mass is 224 g/mol. The fourth-order valence-electron chi connectivity index (χ4n) is 0.732. The second kappa shape index (κ2) is 3.43. The molecule has 0 saturated carbocycles. The van der Waals surface area contributed by atoms with Gasteiger partial charge < -0.3 is 0 Å². The molecule has 0 aliphatic heterocycles. The van der Waals surface area contributed by atoms with Crippen LogP contribution in [0.3, 0.4) is 0 Å². The van der Waals surface area contributed by atoms with E-state index in [1.165, 1.54) is 0 Å². The summed E-state index contributed by atoms with van der Waals surface area (Å²) in [7, 11) is 0. The van der Waals surface area contributed by atoms with E-state index in [-0.39, 0.29) is 6.92 Å². The molecular weight excluding hydrogens is 217 g/mol. The van der Waals surface area contributed by atoms with Gasteiger partial charge in [0.05, 0.1) is 0 Å². The van der Waals surface area contributed by atoms with Gasteiger partial charge in [-0.05, 0) is 6.08 Å². The van der Waals surface area contributed by atoms with Crippen molar-refractivity contribution < 1.29 is 30.7 Å². The predicted molar refractivity (Wildman–Crippen MR) is 35.6 cm³/mol. The second-order valence-corrected chi connectivity index (χ2v) is 2.79. The summed E-state index contributed by atoms with van der Waals surface area (Å²) in [4.78, 5) is 0. The zero-order valence-corrected chi connectivity index (χ0v) is 7.01. The highest BCUT2D eigenvalue weighted by atomic mass is 19.4. The lowest BCUT2D eigenvalue weighted by molar-refractivity contribution is -0.256. The molecule has 0 rings (SSSR count). The maximum absolute atomic E-state index is 12.8. The van der Waals surface area contributed by atoms with E-state index in [4.69, 9.17) is 0 Å². The highest BCUT2D eigenvalue weighted by Crippen LogP contribution is 2.44. The summed E-state index contributed by atoms with van der Waals surface area (Å²) in [6, 6.07) is 0. The number of halogens is 7. The number of alkyl halides is 7. The minimum absolute atomic E-state index is 0.138. The van der Waals surface area contributed by atoms with Crippen molar-refractivity contribution in [1.82, 2.24) is 0 Å². The summed E-state index contributed by atoms with van der Waals surface area (Å²) in [6.45, 7) is 2.23. The topological polar surface area (TPSA) is 0 Å². The van der Waals surface area contributed by atoms with Crippen molar-refractivity contribution in [3.63, 3.8) is 0 Å². The van der Waals surface area contributed by atoms with Crippen molar-refractivity contribution >= 4 is 0 Å². The second-order valence-electron chi connectivity index (χ2n) is 2.79. The zero-order chi connectivity index (χ0) is 11.8. The Morgan fingerprint density at radius 3 is 1.50 bits per heavy atom. The SMILES string of the molecule is C=CC(F)(C(F)C(C)(F)F)C(F)(F)F. The van der Waals surface area contributed by atoms with Gasteiger partial charge in [-0.15, -0.1) is 0 Å². The summed E-state index contributed by atoms with van der Waals surface area (Å²) >= 11 is 0. The third-order valence-electron chi connectivity index (χ3n) is 1.55. The highest BCUT2D eigenvalue weighted by Gasteiger charge is 2.65. The summed E-state index contributed by atoms with van der Waals surface area (Å²) in [5.41, 5.74) is -4.73. The van der Waals surface area contributed by atoms with Crippen molar-refractivity contribution in [1.29, 1.82) is 0 Å². The van der Waals surface area contributed by atoms with Crippen LogP contribution in [0.5, 0.6) is 0 Å². The summed E-state index contributed by atoms with van der Waals surface area (Å²) in [5, 5.41) is 0. The largest absolute Gasteiger partial charge is 0.429 e. The van der Waals surface area contributed by atoms with Crippen molar-refractivity contribution in [2.75, 3.05) is 0 Å². The molecular formula is C7H7F7. The molecule has 0 aromatic carbocycles. The molecule has 0 amide bonds. The van der Waals surface area contributed by atoms with Gasteiger partial charge in [-0.1, -0.05) is 6.58 Å². The molecule has 0 spiro atoms. The van der Waals surface area contributed by atoms with Crippen LogP contribution in [0.1, 0.15) is 6.92 Å². The van der Waals surface area contributed by atoms with Crippen molar-refractivity contribution in [3.8, 4) is 0 Å². The fraction of sp³-hybridized carbons (Fsp3) is 0.714. The maximum atomic E-state index is 12.8. The van der Waals surface area contributed by atoms with E-state index < -0.39 is 30.0 Å². The molecule has 0 aliphatic carbocycles. The molecule has 7 heteroatoms. The van der Waals surface area contributed by atoms with Crippen LogP contribution in [0.2, 0.25) is 0 Å². The quantitative estimate of drug-likeness (QED) is 0.508. The predicted octanol–water partition coefficient (Wildman–Crippen LogP) is 3.44. The van der Waals surface area contributed by atoms with E-state index in [1.54, 1.807) is 0 Å². The minimum Gasteiger partial charge on any atom is -0.236 e. The van der Waals surface area contributed by atoms with Gasteiger partial charge in [0.2, 0.25) is 6.17 Å². The normalized spacial score (nSPS) is 20.0. The van der Waals surface area contributed by atoms with Gasteiger partial charge in [-0.3, -0.25) is 0 Å². The van der Waals surface area contributed by atoms with Gasteiger partial charge in [-0.25, -0.2) is 17.6 Å². The average molecular weight is 224 g/mol. The molecule has 0 radical (unpaired) electrons. The number of hydrogen-bond acceptors (Lipinski definition) is 0. The Hall–Kier alpha value is -0.750. The molecule has 14 heavy (non-hydrogen) atoms.